The largest absolute Gasteiger partial charge is 0.545 e. The van der Waals surface area contributed by atoms with E-state index in [4.69, 9.17) is 4.43 Å². The van der Waals surface area contributed by atoms with E-state index in [0.717, 1.165) is 6.42 Å². The van der Waals surface area contributed by atoms with Crippen molar-refractivity contribution in [2.24, 2.45) is 0 Å². The summed E-state index contributed by atoms with van der Waals surface area (Å²) in [6.45, 7) is 11.4. The van der Waals surface area contributed by atoms with Gasteiger partial charge in [-0.2, -0.15) is 0 Å². The van der Waals surface area contributed by atoms with Crippen LogP contribution in [-0.2, 0) is 4.43 Å². The molecule has 1 rings (SSSR count). The third-order valence-corrected chi connectivity index (χ3v) is 4.56. The molecule has 0 bridgehead atoms. The molecule has 0 amide bonds. The fraction of sp³-hybridized carbons (Fsp3) is 0.600. The van der Waals surface area contributed by atoms with E-state index in [9.17, 15) is 0 Å². The Balaban J connectivity index is 2.67. The Morgan fingerprint density at radius 2 is 1.85 bits per heavy atom. The van der Waals surface area contributed by atoms with Gasteiger partial charge in [0.25, 0.3) is 0 Å². The summed E-state index contributed by atoms with van der Waals surface area (Å²) >= 11 is 0. The summed E-state index contributed by atoms with van der Waals surface area (Å²) in [5.41, 5.74) is 0. The highest BCUT2D eigenvalue weighted by Gasteiger charge is 2.22. The van der Waals surface area contributed by atoms with Crippen LogP contribution in [0.1, 0.15) is 6.42 Å². The predicted molar refractivity (Wildman–Crippen MR) is 64.1 cm³/mol. The maximum Gasteiger partial charge on any atom is 0.242 e. The Kier molecular flexibility index (Phi) is 3.19. The van der Waals surface area contributed by atoms with E-state index in [1.165, 1.54) is 11.0 Å². The smallest absolute Gasteiger partial charge is 0.242 e. The molecule has 13 heavy (non-hydrogen) atoms. The minimum absolute atomic E-state index is 0.680. The van der Waals surface area contributed by atoms with Gasteiger partial charge < -0.3 is 4.43 Å². The Hall–Kier alpha value is -0.286. The minimum atomic E-state index is -1.40. The molecule has 0 saturated carbocycles. The maximum absolute atomic E-state index is 6.04. The normalized spacial score (nSPS) is 17.4. The molecular weight excluding hydrogens is 192 g/mol. The van der Waals surface area contributed by atoms with Gasteiger partial charge in [-0.25, -0.2) is 0 Å². The van der Waals surface area contributed by atoms with Gasteiger partial charge in [-0.05, 0) is 37.3 Å². The summed E-state index contributed by atoms with van der Waals surface area (Å²) in [7, 11) is -2.08. The average Bonchev–Trinajstić information content (AvgIpc) is 2.31. The van der Waals surface area contributed by atoms with Crippen molar-refractivity contribution in [2.75, 3.05) is 0 Å². The number of hydrogen-bond donors (Lipinski definition) is 0. The van der Waals surface area contributed by atoms with E-state index in [1.807, 2.05) is 0 Å². The molecule has 1 aliphatic carbocycles. The first-order valence-electron chi connectivity index (χ1n) is 5.00. The monoisotopic (exact) mass is 212 g/mol. The number of allylic oxidation sites excluding steroid dienone is 3. The summed E-state index contributed by atoms with van der Waals surface area (Å²) < 4.78 is 6.04. The van der Waals surface area contributed by atoms with Crippen molar-refractivity contribution >= 4 is 17.1 Å². The van der Waals surface area contributed by atoms with Gasteiger partial charge in [-0.15, -0.1) is 0 Å². The lowest BCUT2D eigenvalue weighted by Crippen LogP contribution is -2.26. The summed E-state index contributed by atoms with van der Waals surface area (Å²) in [5.74, 6) is 1.21. The van der Waals surface area contributed by atoms with E-state index in [1.54, 1.807) is 0 Å². The maximum atomic E-state index is 6.04. The van der Waals surface area contributed by atoms with Crippen LogP contribution in [0.4, 0.5) is 0 Å². The van der Waals surface area contributed by atoms with Crippen molar-refractivity contribution in [3.05, 3.63) is 23.1 Å². The molecule has 0 heterocycles. The SMILES string of the molecule is C[SiH](C)C1=CCC=C1O[Si](C)(C)C. The van der Waals surface area contributed by atoms with Gasteiger partial charge in [-0.3, -0.25) is 0 Å². The summed E-state index contributed by atoms with van der Waals surface area (Å²) in [6, 6.07) is 0. The van der Waals surface area contributed by atoms with E-state index in [2.05, 4.69) is 44.9 Å². The zero-order chi connectivity index (χ0) is 10.1. The molecule has 1 aliphatic rings. The van der Waals surface area contributed by atoms with Crippen molar-refractivity contribution in [1.29, 1.82) is 0 Å². The van der Waals surface area contributed by atoms with Crippen molar-refractivity contribution in [2.45, 2.75) is 39.2 Å². The molecule has 1 nitrogen and oxygen atoms in total. The summed E-state index contributed by atoms with van der Waals surface area (Å²) in [5, 5.41) is 1.53. The van der Waals surface area contributed by atoms with Crippen LogP contribution in [0.2, 0.25) is 32.7 Å². The second-order valence-electron chi connectivity index (χ2n) is 4.83. The van der Waals surface area contributed by atoms with Gasteiger partial charge in [0, 0.05) is 0 Å². The Morgan fingerprint density at radius 3 is 2.31 bits per heavy atom. The highest BCUT2D eigenvalue weighted by molar-refractivity contribution is 6.70. The highest BCUT2D eigenvalue weighted by atomic mass is 28.4. The standard InChI is InChI=1S/C10H20OSi2/c1-12(2)10-8-6-7-9(10)11-13(3,4)5/h7-8,12H,6H2,1-5H3. The molecule has 0 aliphatic heterocycles. The quantitative estimate of drug-likeness (QED) is 0.653. The van der Waals surface area contributed by atoms with Crippen molar-refractivity contribution in [3.8, 4) is 0 Å². The minimum Gasteiger partial charge on any atom is -0.545 e. The molecule has 0 aromatic rings. The lowest BCUT2D eigenvalue weighted by molar-refractivity contribution is 0.439. The van der Waals surface area contributed by atoms with Gasteiger partial charge in [0.1, 0.15) is 0 Å². The first-order chi connectivity index (χ1) is 5.90. The first kappa shape index (κ1) is 10.8. The molecule has 3 heteroatoms. The number of hydrogen-bond acceptors (Lipinski definition) is 1. The molecule has 0 aromatic heterocycles. The molecule has 74 valence electrons. The second kappa shape index (κ2) is 3.84. The molecule has 0 aromatic carbocycles. The fourth-order valence-corrected chi connectivity index (χ4v) is 3.79. The van der Waals surface area contributed by atoms with Gasteiger partial charge in [0.2, 0.25) is 8.32 Å². The van der Waals surface area contributed by atoms with Crippen molar-refractivity contribution in [3.63, 3.8) is 0 Å². The molecule has 0 saturated heterocycles. The van der Waals surface area contributed by atoms with Gasteiger partial charge >= 0.3 is 0 Å². The molecule has 0 fully saturated rings. The van der Waals surface area contributed by atoms with Crippen LogP contribution < -0.4 is 0 Å². The lowest BCUT2D eigenvalue weighted by Gasteiger charge is -2.23. The molecule has 0 spiro atoms. The number of rotatable bonds is 3. The van der Waals surface area contributed by atoms with Crippen molar-refractivity contribution in [1.82, 2.24) is 0 Å². The second-order valence-corrected chi connectivity index (χ2v) is 12.2. The predicted octanol–water partition coefficient (Wildman–Crippen LogP) is 3.08. The lowest BCUT2D eigenvalue weighted by atomic mass is 10.5. The van der Waals surface area contributed by atoms with Gasteiger partial charge in [-0.1, -0.05) is 19.2 Å². The van der Waals surface area contributed by atoms with Crippen LogP contribution in [0.15, 0.2) is 23.1 Å². The van der Waals surface area contributed by atoms with Crippen LogP contribution in [0.3, 0.4) is 0 Å². The van der Waals surface area contributed by atoms with Crippen LogP contribution in [0.25, 0.3) is 0 Å². The van der Waals surface area contributed by atoms with Crippen molar-refractivity contribution < 1.29 is 4.43 Å². The molecular formula is C10H20OSi2. The Labute approximate surface area is 84.2 Å². The van der Waals surface area contributed by atoms with E-state index in [-0.39, 0.29) is 0 Å². The summed E-state index contributed by atoms with van der Waals surface area (Å²) in [4.78, 5) is 0. The molecule has 0 N–H and O–H groups in total. The summed E-state index contributed by atoms with van der Waals surface area (Å²) in [6.07, 6.45) is 5.66. The topological polar surface area (TPSA) is 9.23 Å². The van der Waals surface area contributed by atoms with Crippen LogP contribution in [0.5, 0.6) is 0 Å². The Morgan fingerprint density at radius 1 is 1.23 bits per heavy atom. The highest BCUT2D eigenvalue weighted by Crippen LogP contribution is 2.25. The molecule has 0 unspecified atom stereocenters. The molecule has 0 radical (unpaired) electrons. The first-order valence-corrected chi connectivity index (χ1v) is 11.3. The molecule has 0 atom stereocenters. The van der Waals surface area contributed by atoms with Gasteiger partial charge in [0.05, 0.1) is 14.6 Å². The fourth-order valence-electron chi connectivity index (χ4n) is 1.46. The van der Waals surface area contributed by atoms with Gasteiger partial charge in [0.15, 0.2) is 0 Å². The zero-order valence-electron chi connectivity index (χ0n) is 9.35. The third kappa shape index (κ3) is 3.16. The Bertz CT molecular complexity index is 246. The van der Waals surface area contributed by atoms with Crippen LogP contribution in [-0.4, -0.2) is 17.1 Å². The zero-order valence-corrected chi connectivity index (χ0v) is 11.5. The third-order valence-electron chi connectivity index (χ3n) is 1.96. The van der Waals surface area contributed by atoms with E-state index < -0.39 is 17.1 Å². The average molecular weight is 212 g/mol. The van der Waals surface area contributed by atoms with E-state index >= 15 is 0 Å². The van der Waals surface area contributed by atoms with Crippen LogP contribution in [0, 0.1) is 0 Å². The van der Waals surface area contributed by atoms with E-state index in [0.29, 0.717) is 0 Å². The van der Waals surface area contributed by atoms with Crippen LogP contribution >= 0.6 is 0 Å².